The van der Waals surface area contributed by atoms with Crippen molar-refractivity contribution in [1.82, 2.24) is 15.1 Å². The Labute approximate surface area is 166 Å². The SMILES string of the molecule is Cc1ccccc1CN1CCCN(C(=O)CCCNC(=O)c2ccco2)CC1. The molecule has 1 aliphatic rings. The molecule has 6 heteroatoms. The predicted molar refractivity (Wildman–Crippen MR) is 108 cm³/mol. The molecule has 1 aliphatic heterocycles. The lowest BCUT2D eigenvalue weighted by atomic mass is 10.1. The van der Waals surface area contributed by atoms with Crippen LogP contribution in [0.25, 0.3) is 0 Å². The minimum Gasteiger partial charge on any atom is -0.459 e. The highest BCUT2D eigenvalue weighted by molar-refractivity contribution is 5.91. The highest BCUT2D eigenvalue weighted by Crippen LogP contribution is 2.13. The van der Waals surface area contributed by atoms with E-state index in [1.54, 1.807) is 12.1 Å². The van der Waals surface area contributed by atoms with Gasteiger partial charge in [0.1, 0.15) is 0 Å². The van der Waals surface area contributed by atoms with Gasteiger partial charge < -0.3 is 14.6 Å². The van der Waals surface area contributed by atoms with Gasteiger partial charge in [0.25, 0.3) is 5.91 Å². The van der Waals surface area contributed by atoms with Crippen molar-refractivity contribution in [3.63, 3.8) is 0 Å². The quantitative estimate of drug-likeness (QED) is 0.747. The molecule has 2 heterocycles. The Morgan fingerprint density at radius 1 is 1.07 bits per heavy atom. The zero-order chi connectivity index (χ0) is 19.8. The van der Waals surface area contributed by atoms with Gasteiger partial charge in [-0.15, -0.1) is 0 Å². The summed E-state index contributed by atoms with van der Waals surface area (Å²) in [6.07, 6.45) is 3.55. The number of amides is 2. The number of carbonyl (C=O) groups excluding carboxylic acids is 2. The van der Waals surface area contributed by atoms with Crippen LogP contribution in [0.15, 0.2) is 47.1 Å². The van der Waals surface area contributed by atoms with Gasteiger partial charge in [-0.25, -0.2) is 0 Å². The summed E-state index contributed by atoms with van der Waals surface area (Å²) < 4.78 is 5.05. The minimum absolute atomic E-state index is 0.171. The van der Waals surface area contributed by atoms with Crippen LogP contribution in [-0.4, -0.2) is 54.3 Å². The Hall–Kier alpha value is -2.60. The molecule has 0 saturated carbocycles. The van der Waals surface area contributed by atoms with E-state index in [1.165, 1.54) is 17.4 Å². The lowest BCUT2D eigenvalue weighted by molar-refractivity contribution is -0.131. The summed E-state index contributed by atoms with van der Waals surface area (Å²) in [7, 11) is 0. The molecule has 150 valence electrons. The number of aryl methyl sites for hydroxylation is 1. The van der Waals surface area contributed by atoms with Crippen molar-refractivity contribution in [1.29, 1.82) is 0 Å². The molecule has 28 heavy (non-hydrogen) atoms. The molecule has 2 amide bonds. The zero-order valence-electron chi connectivity index (χ0n) is 16.5. The van der Waals surface area contributed by atoms with Crippen molar-refractivity contribution in [2.45, 2.75) is 32.7 Å². The Morgan fingerprint density at radius 2 is 1.93 bits per heavy atom. The number of carbonyl (C=O) groups is 2. The van der Waals surface area contributed by atoms with Gasteiger partial charge in [0, 0.05) is 45.7 Å². The maximum absolute atomic E-state index is 12.5. The predicted octanol–water partition coefficient (Wildman–Crippen LogP) is 2.83. The van der Waals surface area contributed by atoms with E-state index >= 15 is 0 Å². The first-order valence-electron chi connectivity index (χ1n) is 10.00. The first-order chi connectivity index (χ1) is 13.6. The van der Waals surface area contributed by atoms with E-state index in [4.69, 9.17) is 4.42 Å². The van der Waals surface area contributed by atoms with Crippen molar-refractivity contribution in [3.05, 3.63) is 59.5 Å². The normalized spacial score (nSPS) is 15.2. The third kappa shape index (κ3) is 5.70. The molecule has 3 rings (SSSR count). The topological polar surface area (TPSA) is 65.8 Å². The van der Waals surface area contributed by atoms with E-state index < -0.39 is 0 Å². The van der Waals surface area contributed by atoms with Crippen LogP contribution in [0.1, 0.15) is 40.9 Å². The second-order valence-electron chi connectivity index (χ2n) is 7.27. The highest BCUT2D eigenvalue weighted by atomic mass is 16.3. The largest absolute Gasteiger partial charge is 0.459 e. The Balaban J connectivity index is 1.38. The summed E-state index contributed by atoms with van der Waals surface area (Å²) in [5.74, 6) is 0.233. The van der Waals surface area contributed by atoms with E-state index in [0.717, 1.165) is 39.1 Å². The average molecular weight is 383 g/mol. The number of furan rings is 1. The average Bonchev–Trinajstić information content (AvgIpc) is 3.14. The third-order valence-electron chi connectivity index (χ3n) is 5.19. The minimum atomic E-state index is -0.237. The summed E-state index contributed by atoms with van der Waals surface area (Å²) in [6, 6.07) is 11.8. The van der Waals surface area contributed by atoms with Crippen LogP contribution in [0.5, 0.6) is 0 Å². The van der Waals surface area contributed by atoms with Crippen LogP contribution >= 0.6 is 0 Å². The van der Waals surface area contributed by atoms with Gasteiger partial charge in [-0.2, -0.15) is 0 Å². The van der Waals surface area contributed by atoms with Gasteiger partial charge in [0.15, 0.2) is 5.76 Å². The van der Waals surface area contributed by atoms with Crippen LogP contribution in [0.2, 0.25) is 0 Å². The summed E-state index contributed by atoms with van der Waals surface area (Å²) in [5, 5.41) is 2.78. The zero-order valence-corrected chi connectivity index (χ0v) is 16.5. The maximum atomic E-state index is 12.5. The van der Waals surface area contributed by atoms with Crippen molar-refractivity contribution < 1.29 is 14.0 Å². The molecule has 1 N–H and O–H groups in total. The van der Waals surface area contributed by atoms with Crippen molar-refractivity contribution in [3.8, 4) is 0 Å². The van der Waals surface area contributed by atoms with E-state index in [0.29, 0.717) is 25.1 Å². The van der Waals surface area contributed by atoms with E-state index in [1.807, 2.05) is 4.90 Å². The number of benzene rings is 1. The van der Waals surface area contributed by atoms with E-state index in [9.17, 15) is 9.59 Å². The number of rotatable bonds is 7. The molecule has 1 aromatic carbocycles. The van der Waals surface area contributed by atoms with E-state index in [-0.39, 0.29) is 11.8 Å². The molecule has 1 saturated heterocycles. The fourth-order valence-electron chi connectivity index (χ4n) is 3.50. The number of hydrogen-bond acceptors (Lipinski definition) is 4. The molecular formula is C22H29N3O3. The van der Waals surface area contributed by atoms with Gasteiger partial charge in [-0.05, 0) is 43.0 Å². The monoisotopic (exact) mass is 383 g/mol. The molecular weight excluding hydrogens is 354 g/mol. The molecule has 6 nitrogen and oxygen atoms in total. The molecule has 2 aromatic rings. The van der Waals surface area contributed by atoms with Crippen LogP contribution in [0, 0.1) is 6.92 Å². The van der Waals surface area contributed by atoms with Gasteiger partial charge in [-0.1, -0.05) is 24.3 Å². The maximum Gasteiger partial charge on any atom is 0.286 e. The summed E-state index contributed by atoms with van der Waals surface area (Å²) in [6.45, 7) is 7.04. The molecule has 0 unspecified atom stereocenters. The molecule has 0 aliphatic carbocycles. The lowest BCUT2D eigenvalue weighted by Gasteiger charge is -2.22. The Kier molecular flexibility index (Phi) is 7.25. The molecule has 1 fully saturated rings. The molecule has 0 atom stereocenters. The van der Waals surface area contributed by atoms with Crippen LogP contribution in [0.3, 0.4) is 0 Å². The van der Waals surface area contributed by atoms with Crippen LogP contribution in [-0.2, 0) is 11.3 Å². The lowest BCUT2D eigenvalue weighted by Crippen LogP contribution is -2.35. The highest BCUT2D eigenvalue weighted by Gasteiger charge is 2.19. The van der Waals surface area contributed by atoms with Crippen LogP contribution in [0.4, 0.5) is 0 Å². The van der Waals surface area contributed by atoms with E-state index in [2.05, 4.69) is 41.4 Å². The van der Waals surface area contributed by atoms with Crippen molar-refractivity contribution in [2.75, 3.05) is 32.7 Å². The first-order valence-corrected chi connectivity index (χ1v) is 10.00. The summed E-state index contributed by atoms with van der Waals surface area (Å²) in [5.41, 5.74) is 2.67. The summed E-state index contributed by atoms with van der Waals surface area (Å²) >= 11 is 0. The van der Waals surface area contributed by atoms with Crippen molar-refractivity contribution in [2.24, 2.45) is 0 Å². The fourth-order valence-corrected chi connectivity index (χ4v) is 3.50. The smallest absolute Gasteiger partial charge is 0.286 e. The van der Waals surface area contributed by atoms with Crippen molar-refractivity contribution >= 4 is 11.8 Å². The Bertz CT molecular complexity index is 773. The summed E-state index contributed by atoms with van der Waals surface area (Å²) in [4.78, 5) is 28.7. The van der Waals surface area contributed by atoms with Gasteiger partial charge >= 0.3 is 0 Å². The standard InChI is InChI=1S/C22H29N3O3/c1-18-7-2-3-8-19(18)17-24-12-6-13-25(15-14-24)21(26)10-4-11-23-22(27)20-9-5-16-28-20/h2-3,5,7-9,16H,4,6,10-15,17H2,1H3,(H,23,27). The molecule has 0 radical (unpaired) electrons. The van der Waals surface area contributed by atoms with Gasteiger partial charge in [0.2, 0.25) is 5.91 Å². The van der Waals surface area contributed by atoms with Crippen LogP contribution < -0.4 is 5.32 Å². The number of hydrogen-bond donors (Lipinski definition) is 1. The third-order valence-corrected chi connectivity index (χ3v) is 5.19. The fraction of sp³-hybridized carbons (Fsp3) is 0.455. The first kappa shape index (κ1) is 20.1. The molecule has 0 spiro atoms. The number of nitrogens with zero attached hydrogens (tertiary/aromatic N) is 2. The molecule has 0 bridgehead atoms. The molecule has 1 aromatic heterocycles. The van der Waals surface area contributed by atoms with Gasteiger partial charge in [0.05, 0.1) is 6.26 Å². The second-order valence-corrected chi connectivity index (χ2v) is 7.27. The van der Waals surface area contributed by atoms with Gasteiger partial charge in [-0.3, -0.25) is 14.5 Å². The number of nitrogens with one attached hydrogen (secondary N) is 1. The second kappa shape index (κ2) is 10.1. The Morgan fingerprint density at radius 3 is 2.71 bits per heavy atom.